The van der Waals surface area contributed by atoms with Crippen molar-refractivity contribution in [3.8, 4) is 33.9 Å². The highest BCUT2D eigenvalue weighted by molar-refractivity contribution is 6.13. The van der Waals surface area contributed by atoms with Crippen LogP contribution in [0, 0.1) is 0 Å². The first-order valence-electron chi connectivity index (χ1n) is 16.0. The van der Waals surface area contributed by atoms with Gasteiger partial charge in [0.05, 0.1) is 5.56 Å². The summed E-state index contributed by atoms with van der Waals surface area (Å²) < 4.78 is 13.1. The van der Waals surface area contributed by atoms with E-state index in [-0.39, 0.29) is 0 Å². The van der Waals surface area contributed by atoms with Crippen molar-refractivity contribution < 1.29 is 8.83 Å². The molecule has 0 atom stereocenters. The molecule has 1 N–H and O–H groups in total. The van der Waals surface area contributed by atoms with E-state index < -0.39 is 0 Å². The molecule has 226 valence electrons. The van der Waals surface area contributed by atoms with Crippen molar-refractivity contribution in [1.82, 2.24) is 15.0 Å². The Labute approximate surface area is 275 Å². The fourth-order valence-corrected chi connectivity index (χ4v) is 6.90. The molecule has 10 rings (SSSR count). The van der Waals surface area contributed by atoms with E-state index in [0.29, 0.717) is 29.9 Å². The minimum atomic E-state index is 0.578. The van der Waals surface area contributed by atoms with Crippen molar-refractivity contribution in [2.24, 2.45) is 0 Å². The minimum Gasteiger partial charge on any atom is -0.455 e. The van der Waals surface area contributed by atoms with E-state index >= 15 is 0 Å². The maximum Gasteiger partial charge on any atom is 0.202 e. The van der Waals surface area contributed by atoms with Crippen LogP contribution >= 0.6 is 0 Å². The van der Waals surface area contributed by atoms with Gasteiger partial charge in [0.15, 0.2) is 17.5 Å². The lowest BCUT2D eigenvalue weighted by Crippen LogP contribution is -2.10. The van der Waals surface area contributed by atoms with E-state index in [4.69, 9.17) is 23.8 Å². The molecule has 0 saturated carbocycles. The number of fused-ring (bicyclic) bond motifs is 7. The molecule has 0 spiro atoms. The van der Waals surface area contributed by atoms with Gasteiger partial charge < -0.3 is 14.2 Å². The largest absolute Gasteiger partial charge is 0.455 e. The summed E-state index contributed by atoms with van der Waals surface area (Å²) in [5, 5.41) is 8.92. The van der Waals surface area contributed by atoms with Crippen LogP contribution in [0.3, 0.4) is 0 Å². The molecule has 0 amide bonds. The summed E-state index contributed by atoms with van der Waals surface area (Å²) in [6.07, 6.45) is 2.14. The third-order valence-corrected chi connectivity index (χ3v) is 9.16. The fourth-order valence-electron chi connectivity index (χ4n) is 6.90. The smallest absolute Gasteiger partial charge is 0.202 e. The van der Waals surface area contributed by atoms with Crippen molar-refractivity contribution in [2.45, 2.75) is 0 Å². The zero-order valence-electron chi connectivity index (χ0n) is 25.6. The second kappa shape index (κ2) is 10.5. The average Bonchev–Trinajstić information content (AvgIpc) is 3.74. The fraction of sp³-hybridized carbons (Fsp3) is 0.0238. The summed E-state index contributed by atoms with van der Waals surface area (Å²) in [6.45, 7) is 0.578. The van der Waals surface area contributed by atoms with Crippen molar-refractivity contribution in [3.05, 3.63) is 151 Å². The molecular weight excluding hydrogens is 592 g/mol. The minimum absolute atomic E-state index is 0.578. The van der Waals surface area contributed by atoms with Crippen LogP contribution in [-0.4, -0.2) is 21.5 Å². The number of anilines is 1. The number of hydrogen-bond acceptors (Lipinski definition) is 6. The molecule has 48 heavy (non-hydrogen) atoms. The van der Waals surface area contributed by atoms with E-state index in [1.807, 2.05) is 48.5 Å². The van der Waals surface area contributed by atoms with Crippen LogP contribution in [0.25, 0.3) is 83.2 Å². The Bertz CT molecular complexity index is 2740. The lowest BCUT2D eigenvalue weighted by Gasteiger charge is -2.15. The van der Waals surface area contributed by atoms with Gasteiger partial charge in [0, 0.05) is 50.5 Å². The Morgan fingerprint density at radius 1 is 0.500 bits per heavy atom. The average molecular weight is 619 g/mol. The summed E-state index contributed by atoms with van der Waals surface area (Å²) in [5.41, 5.74) is 8.13. The molecule has 4 heterocycles. The van der Waals surface area contributed by atoms with Crippen LogP contribution in [0.5, 0.6) is 0 Å². The first kappa shape index (κ1) is 26.7. The third kappa shape index (κ3) is 4.16. The third-order valence-electron chi connectivity index (χ3n) is 9.16. The Kier molecular flexibility index (Phi) is 5.84. The predicted molar refractivity (Wildman–Crippen MR) is 193 cm³/mol. The van der Waals surface area contributed by atoms with Crippen molar-refractivity contribution in [2.75, 3.05) is 11.9 Å². The van der Waals surface area contributed by atoms with Gasteiger partial charge in [0.25, 0.3) is 0 Å². The molecule has 3 aromatic heterocycles. The predicted octanol–water partition coefficient (Wildman–Crippen LogP) is 10.5. The summed E-state index contributed by atoms with van der Waals surface area (Å²) in [7, 11) is 0. The quantitative estimate of drug-likeness (QED) is 0.211. The molecule has 1 aliphatic heterocycles. The number of para-hydroxylation sites is 3. The van der Waals surface area contributed by atoms with Crippen molar-refractivity contribution in [1.29, 1.82) is 0 Å². The second-order valence-corrected chi connectivity index (χ2v) is 12.0. The molecule has 0 fully saturated rings. The van der Waals surface area contributed by atoms with Gasteiger partial charge in [-0.05, 0) is 22.9 Å². The Morgan fingerprint density at radius 2 is 1.17 bits per heavy atom. The van der Waals surface area contributed by atoms with E-state index in [0.717, 1.165) is 71.7 Å². The number of rotatable bonds is 4. The van der Waals surface area contributed by atoms with Crippen LogP contribution in [0.15, 0.2) is 148 Å². The second-order valence-electron chi connectivity index (χ2n) is 12.0. The van der Waals surface area contributed by atoms with Crippen LogP contribution in [-0.2, 0) is 0 Å². The van der Waals surface area contributed by atoms with E-state index in [1.165, 1.54) is 5.39 Å². The van der Waals surface area contributed by atoms with Crippen LogP contribution in [0.2, 0.25) is 0 Å². The lowest BCUT2D eigenvalue weighted by molar-refractivity contribution is 0.628. The zero-order valence-corrected chi connectivity index (χ0v) is 25.6. The summed E-state index contributed by atoms with van der Waals surface area (Å²) in [5.74, 6) is 2.54. The number of hydrogen-bond donors (Lipinski definition) is 1. The van der Waals surface area contributed by atoms with Crippen molar-refractivity contribution in [3.63, 3.8) is 0 Å². The molecule has 0 aliphatic carbocycles. The van der Waals surface area contributed by atoms with Crippen molar-refractivity contribution >= 4 is 55.1 Å². The van der Waals surface area contributed by atoms with Gasteiger partial charge in [0.1, 0.15) is 16.7 Å². The van der Waals surface area contributed by atoms with Crippen LogP contribution in [0.1, 0.15) is 11.4 Å². The Hall–Kier alpha value is -6.53. The number of aromatic nitrogens is 3. The summed E-state index contributed by atoms with van der Waals surface area (Å²) in [4.78, 5) is 15.2. The van der Waals surface area contributed by atoms with Gasteiger partial charge in [-0.25, -0.2) is 15.0 Å². The Balaban J connectivity index is 1.17. The molecule has 1 aliphatic rings. The molecular formula is C42H26N4O2. The molecule has 6 heteroatoms. The molecule has 6 nitrogen and oxygen atoms in total. The van der Waals surface area contributed by atoms with E-state index in [9.17, 15) is 0 Å². The molecule has 6 aromatic carbocycles. The number of furan rings is 2. The first-order chi connectivity index (χ1) is 23.8. The van der Waals surface area contributed by atoms with Gasteiger partial charge >= 0.3 is 0 Å². The number of nitrogens with one attached hydrogen (secondary N) is 1. The van der Waals surface area contributed by atoms with E-state index in [2.05, 4.69) is 96.3 Å². The maximum absolute atomic E-state index is 6.66. The maximum atomic E-state index is 6.66. The van der Waals surface area contributed by atoms with Crippen LogP contribution < -0.4 is 5.32 Å². The molecule has 0 bridgehead atoms. The molecule has 0 unspecified atom stereocenters. The van der Waals surface area contributed by atoms with Gasteiger partial charge in [-0.2, -0.15) is 0 Å². The van der Waals surface area contributed by atoms with Gasteiger partial charge in [-0.15, -0.1) is 0 Å². The highest BCUT2D eigenvalue weighted by Gasteiger charge is 2.27. The van der Waals surface area contributed by atoms with Gasteiger partial charge in [0.2, 0.25) is 5.88 Å². The van der Waals surface area contributed by atoms with Crippen LogP contribution in [0.4, 0.5) is 5.88 Å². The topological polar surface area (TPSA) is 77.0 Å². The monoisotopic (exact) mass is 618 g/mol. The zero-order chi connectivity index (χ0) is 31.6. The lowest BCUT2D eigenvalue weighted by atomic mass is 9.96. The molecule has 0 radical (unpaired) electrons. The van der Waals surface area contributed by atoms with Gasteiger partial charge in [-0.1, -0.05) is 127 Å². The Morgan fingerprint density at radius 3 is 2.02 bits per heavy atom. The van der Waals surface area contributed by atoms with E-state index in [1.54, 1.807) is 0 Å². The normalized spacial score (nSPS) is 12.8. The molecule has 9 aromatic rings. The standard InChI is InChI=1S/C42H26N4O2/c1-2-11-26(12-3-1)39-44-40(28-21-20-25-10-4-5-13-27(25)24-28)46-41(45-39)34-22-23-43-42-36(34)33-18-9-17-32(38(33)48-42)31-16-8-15-30-29-14-6-7-19-35(29)47-37(30)31/h1-22,24,43H,23H2. The highest BCUT2D eigenvalue weighted by atomic mass is 16.4. The van der Waals surface area contributed by atoms with Gasteiger partial charge in [-0.3, -0.25) is 0 Å². The highest BCUT2D eigenvalue weighted by Crippen LogP contribution is 2.45. The number of nitrogens with zero attached hydrogens (tertiary/aromatic N) is 3. The SMILES string of the molecule is C1=C(c2nc(-c3ccccc3)nc(-c3ccc4ccccc4c3)n2)c2c(oc3c(-c4cccc5c4oc4ccccc45)cccc23)NC1. The molecule has 0 saturated heterocycles. The summed E-state index contributed by atoms with van der Waals surface area (Å²) in [6, 6.07) is 45.4. The summed E-state index contributed by atoms with van der Waals surface area (Å²) >= 11 is 0. The number of benzene rings is 6. The first-order valence-corrected chi connectivity index (χ1v) is 16.0.